The van der Waals surface area contributed by atoms with Crippen molar-refractivity contribution in [3.05, 3.63) is 12.2 Å². The lowest BCUT2D eigenvalue weighted by Crippen LogP contribution is -2.03. The van der Waals surface area contributed by atoms with Crippen LogP contribution in [0.15, 0.2) is 12.2 Å². The summed E-state index contributed by atoms with van der Waals surface area (Å²) in [7, 11) is 1.74. The van der Waals surface area contributed by atoms with Crippen LogP contribution in [0.3, 0.4) is 0 Å². The van der Waals surface area contributed by atoms with Gasteiger partial charge in [0.15, 0.2) is 0 Å². The lowest BCUT2D eigenvalue weighted by atomic mass is 10.2. The van der Waals surface area contributed by atoms with E-state index in [0.717, 1.165) is 12.8 Å². The van der Waals surface area contributed by atoms with Gasteiger partial charge in [-0.05, 0) is 12.8 Å². The average molecular weight is 128 g/mol. The van der Waals surface area contributed by atoms with Gasteiger partial charge in [0.25, 0.3) is 0 Å². The first-order valence-corrected chi connectivity index (χ1v) is 3.54. The Kier molecular flexibility index (Phi) is 5.64. The molecular formula is C8H16O. The summed E-state index contributed by atoms with van der Waals surface area (Å²) in [6, 6.07) is 0. The highest BCUT2D eigenvalue weighted by Gasteiger charge is 1.94. The summed E-state index contributed by atoms with van der Waals surface area (Å²) < 4.78 is 5.11. The van der Waals surface area contributed by atoms with Crippen molar-refractivity contribution in [2.24, 2.45) is 0 Å². The second kappa shape index (κ2) is 5.83. The van der Waals surface area contributed by atoms with Crippen molar-refractivity contribution in [3.8, 4) is 0 Å². The monoisotopic (exact) mass is 128 g/mol. The molecule has 1 unspecified atom stereocenters. The van der Waals surface area contributed by atoms with Crippen LogP contribution in [0.25, 0.3) is 0 Å². The molecule has 0 fully saturated rings. The SMILES string of the molecule is CC/C=C/C(CC)OC. The van der Waals surface area contributed by atoms with Crippen molar-refractivity contribution in [2.75, 3.05) is 7.11 Å². The molecule has 9 heavy (non-hydrogen) atoms. The summed E-state index contributed by atoms with van der Waals surface area (Å²) in [5.74, 6) is 0. The van der Waals surface area contributed by atoms with Crippen LogP contribution in [0.5, 0.6) is 0 Å². The molecule has 0 aliphatic heterocycles. The number of ether oxygens (including phenoxy) is 1. The van der Waals surface area contributed by atoms with E-state index in [1.165, 1.54) is 0 Å². The summed E-state index contributed by atoms with van der Waals surface area (Å²) in [4.78, 5) is 0. The lowest BCUT2D eigenvalue weighted by molar-refractivity contribution is 0.138. The third-order valence-electron chi connectivity index (χ3n) is 1.29. The summed E-state index contributed by atoms with van der Waals surface area (Å²) in [6.45, 7) is 4.24. The molecule has 0 rings (SSSR count). The smallest absolute Gasteiger partial charge is 0.0749 e. The first kappa shape index (κ1) is 8.70. The average Bonchev–Trinajstić information content (AvgIpc) is 1.91. The van der Waals surface area contributed by atoms with Crippen molar-refractivity contribution in [1.29, 1.82) is 0 Å². The highest BCUT2D eigenvalue weighted by Crippen LogP contribution is 1.97. The van der Waals surface area contributed by atoms with Gasteiger partial charge >= 0.3 is 0 Å². The Morgan fingerprint density at radius 2 is 2.11 bits per heavy atom. The van der Waals surface area contributed by atoms with Crippen molar-refractivity contribution in [3.63, 3.8) is 0 Å². The minimum atomic E-state index is 0.324. The number of hydrogen-bond donors (Lipinski definition) is 0. The molecule has 54 valence electrons. The molecule has 0 saturated heterocycles. The van der Waals surface area contributed by atoms with Crippen LogP contribution in [0.2, 0.25) is 0 Å². The summed E-state index contributed by atoms with van der Waals surface area (Å²) in [5, 5.41) is 0. The molecule has 0 aliphatic carbocycles. The molecule has 0 spiro atoms. The molecule has 1 nitrogen and oxygen atoms in total. The first-order valence-electron chi connectivity index (χ1n) is 3.54. The van der Waals surface area contributed by atoms with E-state index in [-0.39, 0.29) is 0 Å². The molecule has 0 bridgehead atoms. The molecule has 1 heteroatoms. The zero-order chi connectivity index (χ0) is 7.11. The van der Waals surface area contributed by atoms with Gasteiger partial charge in [-0.1, -0.05) is 26.0 Å². The topological polar surface area (TPSA) is 9.23 Å². The van der Waals surface area contributed by atoms with Crippen LogP contribution in [-0.4, -0.2) is 13.2 Å². The van der Waals surface area contributed by atoms with Crippen LogP contribution in [-0.2, 0) is 4.74 Å². The van der Waals surface area contributed by atoms with Gasteiger partial charge in [0.05, 0.1) is 6.10 Å². The highest BCUT2D eigenvalue weighted by atomic mass is 16.5. The molecule has 0 radical (unpaired) electrons. The predicted molar refractivity (Wildman–Crippen MR) is 40.5 cm³/mol. The molecule has 0 aromatic rings. The molecular weight excluding hydrogens is 112 g/mol. The second-order valence-corrected chi connectivity index (χ2v) is 2.02. The van der Waals surface area contributed by atoms with Crippen molar-refractivity contribution in [2.45, 2.75) is 32.8 Å². The third kappa shape index (κ3) is 4.22. The van der Waals surface area contributed by atoms with Gasteiger partial charge in [-0.15, -0.1) is 0 Å². The predicted octanol–water partition coefficient (Wildman–Crippen LogP) is 2.38. The van der Waals surface area contributed by atoms with E-state index < -0.39 is 0 Å². The largest absolute Gasteiger partial charge is 0.377 e. The molecule has 0 aromatic heterocycles. The summed E-state index contributed by atoms with van der Waals surface area (Å²) in [5.41, 5.74) is 0. The maximum atomic E-state index is 5.11. The Morgan fingerprint density at radius 3 is 2.44 bits per heavy atom. The maximum absolute atomic E-state index is 5.11. The van der Waals surface area contributed by atoms with Gasteiger partial charge in [0.1, 0.15) is 0 Å². The first-order chi connectivity index (χ1) is 4.35. The van der Waals surface area contributed by atoms with Crippen molar-refractivity contribution in [1.82, 2.24) is 0 Å². The molecule has 0 aromatic carbocycles. The molecule has 0 saturated carbocycles. The van der Waals surface area contributed by atoms with E-state index in [1.807, 2.05) is 0 Å². The van der Waals surface area contributed by atoms with E-state index in [0.29, 0.717) is 6.10 Å². The fourth-order valence-electron chi connectivity index (χ4n) is 0.669. The Bertz CT molecular complexity index is 72.6. The second-order valence-electron chi connectivity index (χ2n) is 2.02. The van der Waals surface area contributed by atoms with Gasteiger partial charge < -0.3 is 4.74 Å². The van der Waals surface area contributed by atoms with Crippen molar-refractivity contribution < 1.29 is 4.74 Å². The summed E-state index contributed by atoms with van der Waals surface area (Å²) >= 11 is 0. The maximum Gasteiger partial charge on any atom is 0.0749 e. The fourth-order valence-corrected chi connectivity index (χ4v) is 0.669. The van der Waals surface area contributed by atoms with Gasteiger partial charge in [0.2, 0.25) is 0 Å². The van der Waals surface area contributed by atoms with E-state index in [1.54, 1.807) is 7.11 Å². The third-order valence-corrected chi connectivity index (χ3v) is 1.29. The van der Waals surface area contributed by atoms with Crippen LogP contribution in [0, 0.1) is 0 Å². The Hall–Kier alpha value is -0.300. The minimum Gasteiger partial charge on any atom is -0.377 e. The number of rotatable bonds is 4. The Morgan fingerprint density at radius 1 is 1.44 bits per heavy atom. The van der Waals surface area contributed by atoms with Gasteiger partial charge in [-0.3, -0.25) is 0 Å². The van der Waals surface area contributed by atoms with Crippen LogP contribution < -0.4 is 0 Å². The minimum absolute atomic E-state index is 0.324. The Balaban J connectivity index is 3.41. The fraction of sp³-hybridized carbons (Fsp3) is 0.750. The highest BCUT2D eigenvalue weighted by molar-refractivity contribution is 4.87. The molecule has 0 amide bonds. The van der Waals surface area contributed by atoms with E-state index in [4.69, 9.17) is 4.74 Å². The molecule has 0 heterocycles. The van der Waals surface area contributed by atoms with Gasteiger partial charge in [0, 0.05) is 7.11 Å². The number of allylic oxidation sites excluding steroid dienone is 1. The summed E-state index contributed by atoms with van der Waals surface area (Å²) in [6.07, 6.45) is 6.73. The van der Waals surface area contributed by atoms with Crippen LogP contribution in [0.1, 0.15) is 26.7 Å². The van der Waals surface area contributed by atoms with Crippen LogP contribution in [0.4, 0.5) is 0 Å². The molecule has 1 atom stereocenters. The van der Waals surface area contributed by atoms with Gasteiger partial charge in [-0.25, -0.2) is 0 Å². The molecule has 0 aliphatic rings. The zero-order valence-corrected chi connectivity index (χ0v) is 6.55. The standard InChI is InChI=1S/C8H16O/c1-4-6-7-8(5-2)9-3/h6-8H,4-5H2,1-3H3/b7-6+. The number of hydrogen-bond acceptors (Lipinski definition) is 1. The van der Waals surface area contributed by atoms with Crippen LogP contribution >= 0.6 is 0 Å². The van der Waals surface area contributed by atoms with E-state index in [2.05, 4.69) is 26.0 Å². The normalized spacial score (nSPS) is 14.6. The van der Waals surface area contributed by atoms with Crippen molar-refractivity contribution >= 4 is 0 Å². The van der Waals surface area contributed by atoms with E-state index >= 15 is 0 Å². The zero-order valence-electron chi connectivity index (χ0n) is 6.55. The lowest BCUT2D eigenvalue weighted by Gasteiger charge is -2.05. The molecule has 0 N–H and O–H groups in total. The quantitative estimate of drug-likeness (QED) is 0.528. The van der Waals surface area contributed by atoms with E-state index in [9.17, 15) is 0 Å². The number of methoxy groups -OCH3 is 1. The van der Waals surface area contributed by atoms with Gasteiger partial charge in [-0.2, -0.15) is 0 Å². The Labute approximate surface area is 57.7 Å².